The summed E-state index contributed by atoms with van der Waals surface area (Å²) in [7, 11) is 0. The summed E-state index contributed by atoms with van der Waals surface area (Å²) in [5, 5.41) is 15.4. The first-order chi connectivity index (χ1) is 13.9. The molecule has 1 aliphatic rings. The van der Waals surface area contributed by atoms with Crippen LogP contribution >= 0.6 is 46.9 Å². The monoisotopic (exact) mass is 470 g/mol. The van der Waals surface area contributed by atoms with E-state index in [-0.39, 0.29) is 10.9 Å². The van der Waals surface area contributed by atoms with Gasteiger partial charge >= 0.3 is 5.00 Å². The molecule has 1 fully saturated rings. The van der Waals surface area contributed by atoms with Gasteiger partial charge in [0.25, 0.3) is 5.91 Å². The number of rotatable bonds is 6. The summed E-state index contributed by atoms with van der Waals surface area (Å²) in [6.07, 6.45) is 0. The number of carbonyl (C=O) groups is 1. The van der Waals surface area contributed by atoms with E-state index in [2.05, 4.69) is 5.32 Å². The van der Waals surface area contributed by atoms with Crippen molar-refractivity contribution in [2.24, 2.45) is 0 Å². The van der Waals surface area contributed by atoms with Gasteiger partial charge in [-0.1, -0.05) is 22.9 Å². The molecule has 0 spiro atoms. The third-order valence-electron chi connectivity index (χ3n) is 4.30. The number of nitrogens with one attached hydrogen (secondary N) is 1. The van der Waals surface area contributed by atoms with Gasteiger partial charge in [-0.2, -0.15) is 0 Å². The molecule has 154 valence electrons. The lowest BCUT2D eigenvalue weighted by Crippen LogP contribution is -2.53. The van der Waals surface area contributed by atoms with Crippen LogP contribution in [0, 0.1) is 10.1 Å². The molecule has 0 saturated carbocycles. The third kappa shape index (κ3) is 6.05. The number of nitro groups is 1. The molecule has 1 aromatic carbocycles. The fraction of sp³-hybridized carbons (Fsp3) is 0.333. The molecule has 0 unspecified atom stereocenters. The summed E-state index contributed by atoms with van der Waals surface area (Å²) in [5.74, 6) is 0.707. The van der Waals surface area contributed by atoms with Crippen LogP contribution in [0.5, 0.6) is 0 Å². The molecule has 2 aromatic rings. The van der Waals surface area contributed by atoms with Gasteiger partial charge in [-0.3, -0.25) is 14.9 Å². The summed E-state index contributed by atoms with van der Waals surface area (Å²) in [6.45, 7) is 3.08. The van der Waals surface area contributed by atoms with E-state index >= 15 is 0 Å². The maximum absolute atomic E-state index is 12.5. The molecule has 29 heavy (non-hydrogen) atoms. The highest BCUT2D eigenvalue weighted by molar-refractivity contribution is 7.99. The van der Waals surface area contributed by atoms with Crippen LogP contribution in [0.2, 0.25) is 5.02 Å². The molecular weight excluding hydrogens is 452 g/mol. The lowest BCUT2D eigenvalue weighted by atomic mass is 10.3. The first-order valence-corrected chi connectivity index (χ1v) is 11.5. The van der Waals surface area contributed by atoms with Gasteiger partial charge in [0.15, 0.2) is 5.11 Å². The highest BCUT2D eigenvalue weighted by Gasteiger charge is 2.25. The Kier molecular flexibility index (Phi) is 7.70. The Morgan fingerprint density at radius 1 is 1.17 bits per heavy atom. The smallest absolute Gasteiger partial charge is 0.324 e. The zero-order chi connectivity index (χ0) is 20.8. The van der Waals surface area contributed by atoms with Crippen LogP contribution in [0.4, 0.5) is 5.00 Å². The van der Waals surface area contributed by atoms with Crippen molar-refractivity contribution in [1.29, 1.82) is 0 Å². The van der Waals surface area contributed by atoms with Crippen molar-refractivity contribution >= 4 is 62.9 Å². The summed E-state index contributed by atoms with van der Waals surface area (Å²) in [4.78, 5) is 28.1. The van der Waals surface area contributed by atoms with Crippen LogP contribution in [0.3, 0.4) is 0 Å². The molecule has 0 aliphatic carbocycles. The quantitative estimate of drug-likeness (QED) is 0.226. The van der Waals surface area contributed by atoms with Crippen molar-refractivity contribution in [2.45, 2.75) is 4.90 Å². The molecule has 0 radical (unpaired) electrons. The van der Waals surface area contributed by atoms with Crippen LogP contribution in [0.15, 0.2) is 41.3 Å². The molecule has 1 aromatic heterocycles. The van der Waals surface area contributed by atoms with Gasteiger partial charge in [0.1, 0.15) is 0 Å². The Hall–Kier alpha value is -1.88. The van der Waals surface area contributed by atoms with Gasteiger partial charge in [0.05, 0.1) is 9.80 Å². The molecule has 0 atom stereocenters. The minimum Gasteiger partial charge on any atom is -0.362 e. The molecular formula is C18H19ClN4O3S3. The summed E-state index contributed by atoms with van der Waals surface area (Å²) < 4.78 is 0. The van der Waals surface area contributed by atoms with Crippen molar-refractivity contribution in [3.8, 4) is 0 Å². The topological polar surface area (TPSA) is 78.7 Å². The number of amides is 1. The lowest BCUT2D eigenvalue weighted by Gasteiger charge is -2.36. The molecule has 1 aliphatic heterocycles. The van der Waals surface area contributed by atoms with E-state index in [1.54, 1.807) is 16.7 Å². The Morgan fingerprint density at radius 3 is 2.45 bits per heavy atom. The highest BCUT2D eigenvalue weighted by Crippen LogP contribution is 2.25. The number of halogens is 1. The van der Waals surface area contributed by atoms with Crippen LogP contribution in [-0.2, 0) is 0 Å². The fourth-order valence-electron chi connectivity index (χ4n) is 2.78. The number of piperazine rings is 1. The summed E-state index contributed by atoms with van der Waals surface area (Å²) >= 11 is 14.0. The Morgan fingerprint density at radius 2 is 1.83 bits per heavy atom. The van der Waals surface area contributed by atoms with Gasteiger partial charge in [-0.15, -0.1) is 11.8 Å². The standard InChI is InChI=1S/C18H19ClN4O3S3/c19-13-1-3-14(4-2-13)28-12-7-20-18(27)22-10-8-21(9-11-22)17(24)15-5-6-16(29-15)23(25)26/h1-6H,7-12H2,(H,20,27). The van der Waals surface area contributed by atoms with Crippen molar-refractivity contribution in [3.63, 3.8) is 0 Å². The predicted octanol–water partition coefficient (Wildman–Crippen LogP) is 3.73. The van der Waals surface area contributed by atoms with Crippen molar-refractivity contribution < 1.29 is 9.72 Å². The van der Waals surface area contributed by atoms with E-state index in [4.69, 9.17) is 23.8 Å². The molecule has 0 bridgehead atoms. The minimum absolute atomic E-state index is 0.0196. The first kappa shape index (κ1) is 21.8. The fourth-order valence-corrected chi connectivity index (χ4v) is 4.75. The second-order valence-corrected chi connectivity index (χ2v) is 9.26. The number of hydrogen-bond acceptors (Lipinski definition) is 6. The maximum atomic E-state index is 12.5. The van der Waals surface area contributed by atoms with Gasteiger partial charge in [0.2, 0.25) is 0 Å². The number of thiocarbonyl (C=S) groups is 1. The minimum atomic E-state index is -0.477. The third-order valence-corrected chi connectivity index (χ3v) is 6.99. The lowest BCUT2D eigenvalue weighted by molar-refractivity contribution is -0.380. The Balaban J connectivity index is 1.39. The number of hydrogen-bond donors (Lipinski definition) is 1. The number of thioether (sulfide) groups is 1. The van der Waals surface area contributed by atoms with Crippen molar-refractivity contribution in [3.05, 3.63) is 56.4 Å². The van der Waals surface area contributed by atoms with Crippen molar-refractivity contribution in [1.82, 2.24) is 15.1 Å². The van der Waals surface area contributed by atoms with Crippen LogP contribution in [0.25, 0.3) is 0 Å². The summed E-state index contributed by atoms with van der Waals surface area (Å²) in [6, 6.07) is 10.6. The average molecular weight is 471 g/mol. The van der Waals surface area contributed by atoms with Gasteiger partial charge in [-0.05, 0) is 42.5 Å². The molecule has 3 rings (SSSR count). The number of thiophene rings is 1. The Labute approximate surface area is 187 Å². The van der Waals surface area contributed by atoms with Crippen molar-refractivity contribution in [2.75, 3.05) is 38.5 Å². The van der Waals surface area contributed by atoms with E-state index in [1.807, 2.05) is 29.2 Å². The zero-order valence-corrected chi connectivity index (χ0v) is 18.6. The number of carbonyl (C=O) groups excluding carboxylic acids is 1. The van der Waals surface area contributed by atoms with E-state index < -0.39 is 4.92 Å². The molecule has 1 amide bonds. The second-order valence-electron chi connectivity index (χ2n) is 6.21. The van der Waals surface area contributed by atoms with Gasteiger partial charge in [0, 0.05) is 54.5 Å². The van der Waals surface area contributed by atoms with E-state index in [9.17, 15) is 14.9 Å². The molecule has 1 saturated heterocycles. The Bertz CT molecular complexity index is 883. The van der Waals surface area contributed by atoms with Crippen LogP contribution in [-0.4, -0.2) is 64.2 Å². The van der Waals surface area contributed by atoms with E-state index in [1.165, 1.54) is 12.1 Å². The highest BCUT2D eigenvalue weighted by atomic mass is 35.5. The van der Waals surface area contributed by atoms with E-state index in [0.29, 0.717) is 36.2 Å². The normalized spacial score (nSPS) is 14.0. The SMILES string of the molecule is O=C(c1ccc([N+](=O)[O-])s1)N1CCN(C(=S)NCCSc2ccc(Cl)cc2)CC1. The summed E-state index contributed by atoms with van der Waals surface area (Å²) in [5.41, 5.74) is 0. The molecule has 2 heterocycles. The molecule has 1 N–H and O–H groups in total. The number of nitrogens with zero attached hydrogens (tertiary/aromatic N) is 3. The molecule has 7 nitrogen and oxygen atoms in total. The second kappa shape index (κ2) is 10.2. The zero-order valence-electron chi connectivity index (χ0n) is 15.4. The first-order valence-electron chi connectivity index (χ1n) is 8.88. The number of benzene rings is 1. The van der Waals surface area contributed by atoms with Crippen LogP contribution < -0.4 is 5.32 Å². The van der Waals surface area contributed by atoms with Gasteiger partial charge < -0.3 is 15.1 Å². The maximum Gasteiger partial charge on any atom is 0.324 e. The molecule has 11 heteroatoms. The van der Waals surface area contributed by atoms with Crippen LogP contribution in [0.1, 0.15) is 9.67 Å². The largest absolute Gasteiger partial charge is 0.362 e. The van der Waals surface area contributed by atoms with E-state index in [0.717, 1.165) is 33.6 Å². The van der Waals surface area contributed by atoms with Gasteiger partial charge in [-0.25, -0.2) is 0 Å². The predicted molar refractivity (Wildman–Crippen MR) is 121 cm³/mol. The average Bonchev–Trinajstić information content (AvgIpc) is 3.22.